The first kappa shape index (κ1) is 18.1. The Kier molecular flexibility index (Phi) is 7.68. The van der Waals surface area contributed by atoms with Crippen LogP contribution in [0.25, 0.3) is 0 Å². The number of aromatic nitrogens is 1. The number of hydrogen-bond donors (Lipinski definition) is 1. The van der Waals surface area contributed by atoms with Gasteiger partial charge in [-0.25, -0.2) is 0 Å². The fourth-order valence-electron chi connectivity index (χ4n) is 2.64. The van der Waals surface area contributed by atoms with Crippen LogP contribution in [0.2, 0.25) is 0 Å². The van der Waals surface area contributed by atoms with Gasteiger partial charge in [-0.15, -0.1) is 11.3 Å². The maximum atomic E-state index is 10.2. The summed E-state index contributed by atoms with van der Waals surface area (Å²) < 4.78 is 5.60. The van der Waals surface area contributed by atoms with Gasteiger partial charge in [0.05, 0.1) is 31.1 Å². The first-order chi connectivity index (χ1) is 11.2. The highest BCUT2D eigenvalue weighted by atomic mass is 32.1. The van der Waals surface area contributed by atoms with Crippen molar-refractivity contribution in [1.29, 1.82) is 0 Å². The summed E-state index contributed by atoms with van der Waals surface area (Å²) in [7, 11) is 2.04. The number of thiophene rings is 1. The van der Waals surface area contributed by atoms with E-state index in [4.69, 9.17) is 4.74 Å². The Morgan fingerprint density at radius 2 is 2.17 bits per heavy atom. The smallest absolute Gasteiger partial charge is 0.0900 e. The summed E-state index contributed by atoms with van der Waals surface area (Å²) in [5.74, 6) is 0. The molecule has 2 atom stereocenters. The van der Waals surface area contributed by atoms with Crippen LogP contribution in [0.15, 0.2) is 41.9 Å². The highest BCUT2D eigenvalue weighted by molar-refractivity contribution is 7.09. The van der Waals surface area contributed by atoms with Crippen LogP contribution < -0.4 is 0 Å². The molecule has 0 aliphatic carbocycles. The zero-order valence-electron chi connectivity index (χ0n) is 13.9. The topological polar surface area (TPSA) is 45.6 Å². The van der Waals surface area contributed by atoms with Crippen molar-refractivity contribution in [2.75, 3.05) is 20.2 Å². The lowest BCUT2D eigenvalue weighted by molar-refractivity contribution is 0.00716. The molecule has 0 aliphatic rings. The highest BCUT2D eigenvalue weighted by Crippen LogP contribution is 2.22. The molecule has 2 aromatic heterocycles. The van der Waals surface area contributed by atoms with Crippen molar-refractivity contribution in [3.05, 3.63) is 52.5 Å². The van der Waals surface area contributed by atoms with Crippen molar-refractivity contribution in [3.8, 4) is 0 Å². The summed E-state index contributed by atoms with van der Waals surface area (Å²) in [5, 5.41) is 12.3. The third kappa shape index (κ3) is 6.03. The maximum absolute atomic E-state index is 10.2. The molecule has 0 amide bonds. The normalized spacial score (nSPS) is 14.1. The van der Waals surface area contributed by atoms with Crippen LogP contribution in [-0.4, -0.2) is 41.3 Å². The van der Waals surface area contributed by atoms with E-state index in [9.17, 15) is 5.11 Å². The molecule has 126 valence electrons. The average Bonchev–Trinajstić information content (AvgIpc) is 3.06. The molecule has 2 rings (SSSR count). The van der Waals surface area contributed by atoms with Gasteiger partial charge in [-0.05, 0) is 37.0 Å². The summed E-state index contributed by atoms with van der Waals surface area (Å²) in [6.45, 7) is 3.66. The fourth-order valence-corrected chi connectivity index (χ4v) is 3.28. The monoisotopic (exact) mass is 334 g/mol. The Balaban J connectivity index is 1.81. The van der Waals surface area contributed by atoms with E-state index in [1.165, 1.54) is 4.88 Å². The van der Waals surface area contributed by atoms with E-state index in [0.717, 1.165) is 18.5 Å². The second-order valence-electron chi connectivity index (χ2n) is 5.75. The number of rotatable bonds is 10. The van der Waals surface area contributed by atoms with Gasteiger partial charge < -0.3 is 9.84 Å². The molecule has 2 heterocycles. The van der Waals surface area contributed by atoms with Crippen LogP contribution >= 0.6 is 11.3 Å². The van der Waals surface area contributed by atoms with Crippen molar-refractivity contribution in [1.82, 2.24) is 9.88 Å². The van der Waals surface area contributed by atoms with Crippen LogP contribution in [0, 0.1) is 0 Å². The standard InChI is InChI=1S/C18H26N2O2S/c1-3-7-18(17-9-4-5-10-19-17)20(2)12-15(21)13-22-14-16-8-6-11-23-16/h4-6,8-11,15,18,21H,3,7,12-14H2,1-2H3/t15-,18+/m0/s1. The van der Waals surface area contributed by atoms with E-state index in [2.05, 4.69) is 22.9 Å². The lowest BCUT2D eigenvalue weighted by Crippen LogP contribution is -2.35. The van der Waals surface area contributed by atoms with Crippen LogP contribution in [-0.2, 0) is 11.3 Å². The Morgan fingerprint density at radius 1 is 1.30 bits per heavy atom. The van der Waals surface area contributed by atoms with Gasteiger partial charge in [0.1, 0.15) is 0 Å². The van der Waals surface area contributed by atoms with Crippen molar-refractivity contribution in [2.45, 2.75) is 38.5 Å². The minimum absolute atomic E-state index is 0.230. The van der Waals surface area contributed by atoms with Crippen molar-refractivity contribution in [2.24, 2.45) is 0 Å². The average molecular weight is 334 g/mol. The fraction of sp³-hybridized carbons (Fsp3) is 0.500. The van der Waals surface area contributed by atoms with E-state index in [0.29, 0.717) is 19.8 Å². The molecule has 5 heteroatoms. The van der Waals surface area contributed by atoms with Crippen LogP contribution in [0.4, 0.5) is 0 Å². The van der Waals surface area contributed by atoms with Gasteiger partial charge in [-0.2, -0.15) is 0 Å². The van der Waals surface area contributed by atoms with Gasteiger partial charge in [0.2, 0.25) is 0 Å². The Morgan fingerprint density at radius 3 is 2.83 bits per heavy atom. The molecule has 0 saturated heterocycles. The molecule has 0 bridgehead atoms. The molecule has 23 heavy (non-hydrogen) atoms. The number of aliphatic hydroxyl groups excluding tert-OH is 1. The number of likely N-dealkylation sites (N-methyl/N-ethyl adjacent to an activating group) is 1. The zero-order valence-corrected chi connectivity index (χ0v) is 14.7. The zero-order chi connectivity index (χ0) is 16.5. The van der Waals surface area contributed by atoms with E-state index in [1.54, 1.807) is 11.3 Å². The molecular formula is C18H26N2O2S. The van der Waals surface area contributed by atoms with Gasteiger partial charge in [0.15, 0.2) is 0 Å². The molecule has 2 aromatic rings. The van der Waals surface area contributed by atoms with Gasteiger partial charge in [0.25, 0.3) is 0 Å². The molecule has 0 fully saturated rings. The third-order valence-corrected chi connectivity index (χ3v) is 4.61. The summed E-state index contributed by atoms with van der Waals surface area (Å²) in [6.07, 6.45) is 3.43. The van der Waals surface area contributed by atoms with Crippen molar-refractivity contribution in [3.63, 3.8) is 0 Å². The number of pyridine rings is 1. The van der Waals surface area contributed by atoms with E-state index in [-0.39, 0.29) is 6.04 Å². The molecule has 0 spiro atoms. The summed E-state index contributed by atoms with van der Waals surface area (Å²) in [5.41, 5.74) is 1.06. The summed E-state index contributed by atoms with van der Waals surface area (Å²) in [4.78, 5) is 7.82. The van der Waals surface area contributed by atoms with Crippen molar-refractivity contribution >= 4 is 11.3 Å². The van der Waals surface area contributed by atoms with Crippen molar-refractivity contribution < 1.29 is 9.84 Å². The van der Waals surface area contributed by atoms with Crippen LogP contribution in [0.1, 0.15) is 36.4 Å². The predicted molar refractivity (Wildman–Crippen MR) is 94.5 cm³/mol. The lowest BCUT2D eigenvalue weighted by atomic mass is 10.1. The Hall–Kier alpha value is -1.27. The number of nitrogens with zero attached hydrogens (tertiary/aromatic N) is 2. The largest absolute Gasteiger partial charge is 0.389 e. The SMILES string of the molecule is CCC[C@H](c1ccccn1)N(C)C[C@H](O)COCc1cccs1. The van der Waals surface area contributed by atoms with Crippen LogP contribution in [0.5, 0.6) is 0 Å². The minimum Gasteiger partial charge on any atom is -0.389 e. The molecule has 0 saturated carbocycles. The molecular weight excluding hydrogens is 308 g/mol. The van der Waals surface area contributed by atoms with Gasteiger partial charge in [0, 0.05) is 17.6 Å². The van der Waals surface area contributed by atoms with E-state index >= 15 is 0 Å². The number of hydrogen-bond acceptors (Lipinski definition) is 5. The Labute approximate surface area is 142 Å². The molecule has 4 nitrogen and oxygen atoms in total. The minimum atomic E-state index is -0.497. The van der Waals surface area contributed by atoms with Crippen LogP contribution in [0.3, 0.4) is 0 Å². The lowest BCUT2D eigenvalue weighted by Gasteiger charge is -2.29. The Bertz CT molecular complexity index is 533. The second kappa shape index (κ2) is 9.78. The summed E-state index contributed by atoms with van der Waals surface area (Å²) >= 11 is 1.67. The second-order valence-corrected chi connectivity index (χ2v) is 6.78. The highest BCUT2D eigenvalue weighted by Gasteiger charge is 2.19. The molecule has 0 unspecified atom stereocenters. The maximum Gasteiger partial charge on any atom is 0.0900 e. The predicted octanol–water partition coefficient (Wildman–Crippen LogP) is 3.49. The van der Waals surface area contributed by atoms with Gasteiger partial charge in [-0.1, -0.05) is 25.5 Å². The van der Waals surface area contributed by atoms with E-state index < -0.39 is 6.10 Å². The quantitative estimate of drug-likeness (QED) is 0.722. The van der Waals surface area contributed by atoms with Gasteiger partial charge >= 0.3 is 0 Å². The molecule has 0 aromatic carbocycles. The first-order valence-electron chi connectivity index (χ1n) is 8.10. The van der Waals surface area contributed by atoms with E-state index in [1.807, 2.05) is 42.9 Å². The molecule has 0 aliphatic heterocycles. The van der Waals surface area contributed by atoms with Gasteiger partial charge in [-0.3, -0.25) is 9.88 Å². The molecule has 0 radical (unpaired) electrons. The first-order valence-corrected chi connectivity index (χ1v) is 8.98. The summed E-state index contributed by atoms with van der Waals surface area (Å²) in [6, 6.07) is 10.3. The third-order valence-electron chi connectivity index (χ3n) is 3.76. The number of ether oxygens (including phenoxy) is 1. The number of aliphatic hydroxyl groups is 1. The molecule has 1 N–H and O–H groups in total.